The number of nitrogens with two attached hydrogens (primary N) is 1. The molecule has 0 heterocycles. The fourth-order valence-electron chi connectivity index (χ4n) is 1.92. The lowest BCUT2D eigenvalue weighted by atomic mass is 10.2. The average molecular weight is 359 g/mol. The minimum Gasteiger partial charge on any atom is -0.450 e. The zero-order chi connectivity index (χ0) is 19.5. The topological polar surface area (TPSA) is 138 Å². The van der Waals surface area contributed by atoms with Crippen molar-refractivity contribution in [1.82, 2.24) is 10.6 Å². The summed E-state index contributed by atoms with van der Waals surface area (Å²) in [6, 6.07) is 7.88. The van der Waals surface area contributed by atoms with Crippen LogP contribution in [0.3, 0.4) is 0 Å². The third-order valence-corrected chi connectivity index (χ3v) is 3.08. The Morgan fingerprint density at radius 3 is 2.46 bits per heavy atom. The number of hydrogen-bond donors (Lipinski definition) is 3. The van der Waals surface area contributed by atoms with E-state index in [0.717, 1.165) is 4.90 Å². The molecule has 9 heteroatoms. The number of benzene rings is 1. The number of carbonyl (C=O) groups excluding carboxylic acids is 3. The number of nitriles is 1. The van der Waals surface area contributed by atoms with Crippen LogP contribution in [0.15, 0.2) is 36.0 Å². The maximum Gasteiger partial charge on any atom is 0.407 e. The van der Waals surface area contributed by atoms with E-state index in [1.165, 1.54) is 25.3 Å². The van der Waals surface area contributed by atoms with Gasteiger partial charge in [0.1, 0.15) is 11.6 Å². The molecule has 0 radical (unpaired) electrons. The molecule has 3 amide bonds. The lowest BCUT2D eigenvalue weighted by Gasteiger charge is -2.19. The number of ether oxygens (including phenoxy) is 1. The zero-order valence-corrected chi connectivity index (χ0v) is 14.6. The first-order chi connectivity index (χ1) is 12.4. The summed E-state index contributed by atoms with van der Waals surface area (Å²) < 4.78 is 4.69. The van der Waals surface area contributed by atoms with Crippen molar-refractivity contribution in [3.05, 3.63) is 36.0 Å². The van der Waals surface area contributed by atoms with E-state index in [1.54, 1.807) is 25.1 Å². The van der Waals surface area contributed by atoms with Crippen molar-refractivity contribution in [1.29, 1.82) is 5.26 Å². The summed E-state index contributed by atoms with van der Waals surface area (Å²) in [5.41, 5.74) is 6.13. The van der Waals surface area contributed by atoms with Crippen LogP contribution in [0.2, 0.25) is 0 Å². The van der Waals surface area contributed by atoms with Gasteiger partial charge in [0.2, 0.25) is 5.91 Å². The van der Waals surface area contributed by atoms with Gasteiger partial charge >= 0.3 is 6.09 Å². The molecule has 0 saturated carbocycles. The molecule has 4 N–H and O–H groups in total. The number of hydrogen-bond acceptors (Lipinski definition) is 7. The molecule has 1 aromatic rings. The van der Waals surface area contributed by atoms with E-state index in [2.05, 4.69) is 10.6 Å². The van der Waals surface area contributed by atoms with Crippen molar-refractivity contribution in [2.45, 2.75) is 13.8 Å². The van der Waals surface area contributed by atoms with E-state index in [9.17, 15) is 19.6 Å². The van der Waals surface area contributed by atoms with Crippen LogP contribution in [0.1, 0.15) is 13.8 Å². The maximum atomic E-state index is 12.5. The minimum absolute atomic E-state index is 0.233. The molecule has 0 fully saturated rings. The van der Waals surface area contributed by atoms with Crippen LogP contribution in [0.4, 0.5) is 16.2 Å². The number of rotatable bonds is 7. The second-order valence-corrected chi connectivity index (χ2v) is 5.02. The average Bonchev–Trinajstić information content (AvgIpc) is 2.59. The molecule has 0 bridgehead atoms. The predicted molar refractivity (Wildman–Crippen MR) is 95.7 cm³/mol. The Morgan fingerprint density at radius 1 is 1.27 bits per heavy atom. The molecule has 9 nitrogen and oxygen atoms in total. The number of anilines is 2. The lowest BCUT2D eigenvalue weighted by Crippen LogP contribution is -2.37. The molecule has 0 unspecified atom stereocenters. The van der Waals surface area contributed by atoms with E-state index >= 15 is 0 Å². The summed E-state index contributed by atoms with van der Waals surface area (Å²) in [5, 5.41) is 14.4. The van der Waals surface area contributed by atoms with Gasteiger partial charge in [-0.1, -0.05) is 0 Å². The normalized spacial score (nSPS) is 10.4. The Morgan fingerprint density at radius 2 is 1.92 bits per heavy atom. The monoisotopic (exact) mass is 359 g/mol. The highest BCUT2D eigenvalue weighted by atomic mass is 16.5. The fourth-order valence-corrected chi connectivity index (χ4v) is 1.92. The molecule has 0 atom stereocenters. The highest BCUT2D eigenvalue weighted by Crippen LogP contribution is 2.18. The molecule has 1 aromatic carbocycles. The Balaban J connectivity index is 2.75. The van der Waals surface area contributed by atoms with Gasteiger partial charge in [0.25, 0.3) is 5.91 Å². The first-order valence-corrected chi connectivity index (χ1v) is 7.85. The zero-order valence-electron chi connectivity index (χ0n) is 14.6. The Labute approximate surface area is 151 Å². The summed E-state index contributed by atoms with van der Waals surface area (Å²) in [7, 11) is 0. The first-order valence-electron chi connectivity index (χ1n) is 7.85. The Bertz CT molecular complexity index is 722. The fraction of sp³-hybridized carbons (Fsp3) is 0.294. The first kappa shape index (κ1) is 20.5. The van der Waals surface area contributed by atoms with Crippen LogP contribution in [0.25, 0.3) is 0 Å². The van der Waals surface area contributed by atoms with Gasteiger partial charge in [-0.15, -0.1) is 0 Å². The third kappa shape index (κ3) is 6.16. The standard InChI is InChI=1S/C17H21N5O4/c1-3-26-17(25)21-9-8-20-11-13(10-18)16(24)22(12(2)23)15-6-4-14(19)5-7-15/h4-7,11,20H,3,8-9,19H2,1-2H3,(H,21,25)/b13-11-. The van der Waals surface area contributed by atoms with Crippen LogP contribution < -0.4 is 21.3 Å². The summed E-state index contributed by atoms with van der Waals surface area (Å²) in [4.78, 5) is 36.4. The van der Waals surface area contributed by atoms with Crippen LogP contribution in [0, 0.1) is 11.3 Å². The van der Waals surface area contributed by atoms with Crippen LogP contribution in [-0.2, 0) is 14.3 Å². The van der Waals surface area contributed by atoms with Gasteiger partial charge in [0, 0.05) is 31.9 Å². The number of amides is 3. The number of nitrogen functional groups attached to an aromatic ring is 1. The smallest absolute Gasteiger partial charge is 0.407 e. The van der Waals surface area contributed by atoms with Gasteiger partial charge in [0.05, 0.1) is 12.3 Å². The van der Waals surface area contributed by atoms with Gasteiger partial charge in [-0.05, 0) is 31.2 Å². The quantitative estimate of drug-likeness (QED) is 0.284. The highest BCUT2D eigenvalue weighted by molar-refractivity contribution is 6.21. The van der Waals surface area contributed by atoms with Crippen molar-refractivity contribution in [3.63, 3.8) is 0 Å². The van der Waals surface area contributed by atoms with E-state index in [1.807, 2.05) is 0 Å². The second kappa shape index (κ2) is 10.4. The van der Waals surface area contributed by atoms with E-state index in [0.29, 0.717) is 11.4 Å². The Kier molecular flexibility index (Phi) is 8.16. The molecule has 0 aliphatic heterocycles. The van der Waals surface area contributed by atoms with Gasteiger partial charge in [0.15, 0.2) is 0 Å². The number of alkyl carbamates (subject to hydrolysis) is 1. The summed E-state index contributed by atoms with van der Waals surface area (Å²) >= 11 is 0. The number of carbonyl (C=O) groups is 3. The number of nitrogens with one attached hydrogen (secondary N) is 2. The van der Waals surface area contributed by atoms with E-state index < -0.39 is 17.9 Å². The van der Waals surface area contributed by atoms with Crippen molar-refractivity contribution in [2.75, 3.05) is 30.3 Å². The molecule has 26 heavy (non-hydrogen) atoms. The van der Waals surface area contributed by atoms with Gasteiger partial charge in [-0.3, -0.25) is 9.59 Å². The number of imide groups is 1. The molecule has 0 aliphatic rings. The lowest BCUT2D eigenvalue weighted by molar-refractivity contribution is -0.123. The van der Waals surface area contributed by atoms with E-state index in [-0.39, 0.29) is 25.3 Å². The van der Waals surface area contributed by atoms with Crippen LogP contribution >= 0.6 is 0 Å². The van der Waals surface area contributed by atoms with Crippen molar-refractivity contribution in [2.24, 2.45) is 0 Å². The van der Waals surface area contributed by atoms with Gasteiger partial charge < -0.3 is 21.1 Å². The molecular weight excluding hydrogens is 338 g/mol. The minimum atomic E-state index is -0.768. The summed E-state index contributed by atoms with van der Waals surface area (Å²) in [6.45, 7) is 3.67. The molecule has 138 valence electrons. The molecule has 0 spiro atoms. The molecule has 1 rings (SSSR count). The maximum absolute atomic E-state index is 12.5. The molecular formula is C17H21N5O4. The van der Waals surface area contributed by atoms with Crippen molar-refractivity contribution < 1.29 is 19.1 Å². The highest BCUT2D eigenvalue weighted by Gasteiger charge is 2.23. The summed E-state index contributed by atoms with van der Waals surface area (Å²) in [6.07, 6.45) is 0.642. The van der Waals surface area contributed by atoms with Crippen molar-refractivity contribution >= 4 is 29.3 Å². The molecule has 0 saturated heterocycles. The van der Waals surface area contributed by atoms with Crippen molar-refractivity contribution in [3.8, 4) is 6.07 Å². The third-order valence-electron chi connectivity index (χ3n) is 3.08. The summed E-state index contributed by atoms with van der Waals surface area (Å²) in [5.74, 6) is -1.31. The SMILES string of the molecule is CCOC(=O)NCCN/C=C(/C#N)C(=O)N(C(C)=O)c1ccc(N)cc1. The largest absolute Gasteiger partial charge is 0.450 e. The number of nitrogens with zero attached hydrogens (tertiary/aromatic N) is 2. The molecule has 0 aliphatic carbocycles. The van der Waals surface area contributed by atoms with Gasteiger partial charge in [-0.2, -0.15) is 5.26 Å². The predicted octanol–water partition coefficient (Wildman–Crippen LogP) is 0.891. The van der Waals surface area contributed by atoms with Crippen LogP contribution in [0.5, 0.6) is 0 Å². The Hall–Kier alpha value is -3.54. The van der Waals surface area contributed by atoms with Gasteiger partial charge in [-0.25, -0.2) is 9.69 Å². The molecule has 0 aromatic heterocycles. The van der Waals surface area contributed by atoms with E-state index in [4.69, 9.17) is 10.5 Å². The second-order valence-electron chi connectivity index (χ2n) is 5.02. The van der Waals surface area contributed by atoms with Crippen LogP contribution in [-0.4, -0.2) is 37.6 Å².